The first-order valence-electron chi connectivity index (χ1n) is 28.2. The predicted molar refractivity (Wildman–Crippen MR) is 281 cm³/mol. The third kappa shape index (κ3) is 50.7. The van der Waals surface area contributed by atoms with Crippen LogP contribution in [0.15, 0.2) is 24.3 Å². The number of phosphoric ester groups is 1. The lowest BCUT2D eigenvalue weighted by atomic mass is 10.0. The molecule has 0 heterocycles. The summed E-state index contributed by atoms with van der Waals surface area (Å²) < 4.78 is 23.8. The van der Waals surface area contributed by atoms with Crippen LogP contribution >= 0.6 is 7.82 Å². The number of nitrogens with zero attached hydrogens (tertiary/aromatic N) is 1. The van der Waals surface area contributed by atoms with Crippen molar-refractivity contribution in [2.24, 2.45) is 0 Å². The summed E-state index contributed by atoms with van der Waals surface area (Å²) in [6.45, 7) is 4.91. The Morgan fingerprint density at radius 2 is 0.877 bits per heavy atom. The van der Waals surface area contributed by atoms with Crippen molar-refractivity contribution in [3.8, 4) is 0 Å². The van der Waals surface area contributed by atoms with E-state index in [1.165, 1.54) is 205 Å². The normalized spacial score (nSPS) is 14.1. The van der Waals surface area contributed by atoms with E-state index in [2.05, 4.69) is 43.5 Å². The number of likely N-dealkylation sites (N-methyl/N-ethyl adjacent to an activating group) is 1. The molecular formula is C56H112N2O6P+. The Bertz CT molecular complexity index is 1110. The molecule has 1 amide bonds. The minimum atomic E-state index is -4.32. The Balaban J connectivity index is 4.19. The molecule has 0 aliphatic heterocycles. The Morgan fingerprint density at radius 1 is 0.523 bits per heavy atom. The van der Waals surface area contributed by atoms with E-state index < -0.39 is 20.0 Å². The maximum absolute atomic E-state index is 13.0. The highest BCUT2D eigenvalue weighted by molar-refractivity contribution is 7.47. The molecule has 0 aromatic heterocycles. The average Bonchev–Trinajstić information content (AvgIpc) is 3.26. The van der Waals surface area contributed by atoms with Gasteiger partial charge in [-0.05, 0) is 44.9 Å². The molecule has 0 fully saturated rings. The highest BCUT2D eigenvalue weighted by Crippen LogP contribution is 2.43. The van der Waals surface area contributed by atoms with Gasteiger partial charge in [0, 0.05) is 6.42 Å². The summed E-state index contributed by atoms with van der Waals surface area (Å²) in [6, 6.07) is -0.762. The number of rotatable bonds is 52. The standard InChI is InChI=1S/C56H111N2O6P/c1-6-8-10-12-14-16-18-20-22-24-26-28-30-31-33-35-37-39-41-43-45-47-49-55(59)54(53-64-65(61,62)63-52-51-58(3,4)5)57-56(60)50-48-46-44-42-40-38-36-34-32-29-27-25-23-21-19-17-15-13-11-9-7-2/h19,21,25,27,54-55,59H,6-18,20,22-24,26,28-53H2,1-5H3,(H-,57,60,61,62)/p+1/b21-19-,27-25-. The predicted octanol–water partition coefficient (Wildman–Crippen LogP) is 16.8. The molecule has 0 aromatic carbocycles. The zero-order valence-corrected chi connectivity index (χ0v) is 44.9. The maximum Gasteiger partial charge on any atom is 0.472 e. The van der Waals surface area contributed by atoms with E-state index >= 15 is 0 Å². The van der Waals surface area contributed by atoms with Crippen molar-refractivity contribution in [1.29, 1.82) is 0 Å². The van der Waals surface area contributed by atoms with Crippen LogP contribution in [-0.4, -0.2) is 73.4 Å². The molecule has 0 saturated carbocycles. The molecule has 8 nitrogen and oxygen atoms in total. The number of aliphatic hydroxyl groups excluding tert-OH is 1. The molecule has 3 atom stereocenters. The number of carbonyl (C=O) groups excluding carboxylic acids is 1. The van der Waals surface area contributed by atoms with Crippen LogP contribution in [0.1, 0.15) is 277 Å². The van der Waals surface area contributed by atoms with Gasteiger partial charge in [0.15, 0.2) is 0 Å². The zero-order chi connectivity index (χ0) is 47.8. The monoisotopic (exact) mass is 940 g/mol. The topological polar surface area (TPSA) is 105 Å². The molecule has 65 heavy (non-hydrogen) atoms. The minimum absolute atomic E-state index is 0.0750. The number of amides is 1. The lowest BCUT2D eigenvalue weighted by Gasteiger charge is -2.26. The minimum Gasteiger partial charge on any atom is -0.391 e. The summed E-state index contributed by atoms with van der Waals surface area (Å²) in [5.74, 6) is -0.145. The van der Waals surface area contributed by atoms with E-state index in [9.17, 15) is 19.4 Å². The van der Waals surface area contributed by atoms with Crippen molar-refractivity contribution in [1.82, 2.24) is 5.32 Å². The fourth-order valence-electron chi connectivity index (χ4n) is 8.49. The van der Waals surface area contributed by atoms with Crippen LogP contribution in [0.5, 0.6) is 0 Å². The molecule has 0 saturated heterocycles. The van der Waals surface area contributed by atoms with Gasteiger partial charge < -0.3 is 19.8 Å². The van der Waals surface area contributed by atoms with Crippen LogP contribution in [0.4, 0.5) is 0 Å². The second kappa shape index (κ2) is 48.0. The number of quaternary nitrogens is 1. The molecule has 9 heteroatoms. The van der Waals surface area contributed by atoms with Gasteiger partial charge in [-0.3, -0.25) is 13.8 Å². The van der Waals surface area contributed by atoms with Crippen LogP contribution < -0.4 is 5.32 Å². The van der Waals surface area contributed by atoms with Crippen molar-refractivity contribution in [2.75, 3.05) is 40.9 Å². The number of hydrogen-bond acceptors (Lipinski definition) is 5. The van der Waals surface area contributed by atoms with E-state index in [1.807, 2.05) is 21.1 Å². The molecule has 0 aromatic rings. The van der Waals surface area contributed by atoms with Gasteiger partial charge in [-0.15, -0.1) is 0 Å². The van der Waals surface area contributed by atoms with Crippen molar-refractivity contribution in [3.63, 3.8) is 0 Å². The lowest BCUT2D eigenvalue weighted by molar-refractivity contribution is -0.870. The van der Waals surface area contributed by atoms with Crippen LogP contribution in [0.2, 0.25) is 0 Å². The molecule has 0 rings (SSSR count). The number of nitrogens with one attached hydrogen (secondary N) is 1. The van der Waals surface area contributed by atoms with Crippen molar-refractivity contribution >= 4 is 13.7 Å². The van der Waals surface area contributed by atoms with Gasteiger partial charge in [0.2, 0.25) is 5.91 Å². The van der Waals surface area contributed by atoms with Crippen LogP contribution in [-0.2, 0) is 18.4 Å². The molecule has 0 aliphatic rings. The number of allylic oxidation sites excluding steroid dienone is 4. The van der Waals surface area contributed by atoms with Gasteiger partial charge in [0.25, 0.3) is 0 Å². The van der Waals surface area contributed by atoms with Crippen LogP contribution in [0.25, 0.3) is 0 Å². The Kier molecular flexibility index (Phi) is 47.3. The summed E-state index contributed by atoms with van der Waals surface area (Å²) >= 11 is 0. The fourth-order valence-corrected chi connectivity index (χ4v) is 9.23. The van der Waals surface area contributed by atoms with Crippen molar-refractivity contribution in [2.45, 2.75) is 289 Å². The number of aliphatic hydroxyl groups is 1. The first kappa shape index (κ1) is 64.0. The van der Waals surface area contributed by atoms with Crippen LogP contribution in [0, 0.1) is 0 Å². The van der Waals surface area contributed by atoms with Gasteiger partial charge in [0.1, 0.15) is 13.2 Å². The SMILES string of the molecule is CCCCCCC/C=C\C/C=C\CCCCCCCCCCCC(=O)NC(COP(=O)(O)OCC[N+](C)(C)C)C(O)CCCCCCCCCCCCCCCCCCCCCCCC. The summed E-state index contributed by atoms with van der Waals surface area (Å²) in [6.07, 6.45) is 59.4. The van der Waals surface area contributed by atoms with Crippen LogP contribution in [0.3, 0.4) is 0 Å². The number of phosphoric acid groups is 1. The highest BCUT2D eigenvalue weighted by atomic mass is 31.2. The third-order valence-electron chi connectivity index (χ3n) is 13.0. The Morgan fingerprint density at radius 3 is 1.26 bits per heavy atom. The van der Waals surface area contributed by atoms with Gasteiger partial charge in [-0.25, -0.2) is 4.57 Å². The molecule has 0 bridgehead atoms. The maximum atomic E-state index is 13.0. The first-order valence-corrected chi connectivity index (χ1v) is 29.7. The first-order chi connectivity index (χ1) is 31.5. The van der Waals surface area contributed by atoms with Gasteiger partial charge in [-0.1, -0.05) is 250 Å². The van der Waals surface area contributed by atoms with Gasteiger partial charge in [0.05, 0.1) is 39.9 Å². The summed E-state index contributed by atoms with van der Waals surface area (Å²) in [4.78, 5) is 23.3. The molecule has 3 N–H and O–H groups in total. The molecule has 0 radical (unpaired) electrons. The molecule has 0 aliphatic carbocycles. The zero-order valence-electron chi connectivity index (χ0n) is 44.0. The van der Waals surface area contributed by atoms with E-state index in [0.717, 1.165) is 44.9 Å². The number of hydrogen-bond donors (Lipinski definition) is 3. The van der Waals surface area contributed by atoms with E-state index in [1.54, 1.807) is 0 Å². The van der Waals surface area contributed by atoms with E-state index in [0.29, 0.717) is 23.9 Å². The smallest absolute Gasteiger partial charge is 0.391 e. The second-order valence-electron chi connectivity index (χ2n) is 20.7. The molecule has 3 unspecified atom stereocenters. The molecular weight excluding hydrogens is 828 g/mol. The van der Waals surface area contributed by atoms with Crippen molar-refractivity contribution < 1.29 is 32.9 Å². The van der Waals surface area contributed by atoms with Crippen molar-refractivity contribution in [3.05, 3.63) is 24.3 Å². The van der Waals surface area contributed by atoms with Gasteiger partial charge in [-0.2, -0.15) is 0 Å². The summed E-state index contributed by atoms with van der Waals surface area (Å²) in [5, 5.41) is 14.1. The second-order valence-corrected chi connectivity index (χ2v) is 22.1. The van der Waals surface area contributed by atoms with E-state index in [4.69, 9.17) is 9.05 Å². The Hall–Kier alpha value is -1.02. The number of carbonyl (C=O) groups is 1. The number of unbranched alkanes of at least 4 members (excludes halogenated alkanes) is 35. The van der Waals surface area contributed by atoms with E-state index in [-0.39, 0.29) is 19.1 Å². The fraction of sp³-hybridized carbons (Fsp3) is 0.911. The summed E-state index contributed by atoms with van der Waals surface area (Å²) in [5.41, 5.74) is 0. The average molecular weight is 940 g/mol. The summed E-state index contributed by atoms with van der Waals surface area (Å²) in [7, 11) is 1.62. The molecule has 0 spiro atoms. The quantitative estimate of drug-likeness (QED) is 0.0243. The highest BCUT2D eigenvalue weighted by Gasteiger charge is 2.28. The van der Waals surface area contributed by atoms with Gasteiger partial charge >= 0.3 is 7.82 Å². The third-order valence-corrected chi connectivity index (χ3v) is 13.9. The largest absolute Gasteiger partial charge is 0.472 e. The lowest BCUT2D eigenvalue weighted by Crippen LogP contribution is -2.46. The Labute approximate surface area is 404 Å². The molecule has 386 valence electrons.